The highest BCUT2D eigenvalue weighted by Crippen LogP contribution is 2.46. The first-order valence-corrected chi connectivity index (χ1v) is 15.6. The first kappa shape index (κ1) is 36.7. The largest absolute Gasteiger partial charge is 0.493 e. The van der Waals surface area contributed by atoms with E-state index < -0.39 is 6.04 Å². The Morgan fingerprint density at radius 2 is 1.51 bits per heavy atom. The molecule has 0 bridgehead atoms. The number of carbonyl (C=O) groups excluding carboxylic acids is 1. The minimum absolute atomic E-state index is 0. The van der Waals surface area contributed by atoms with Crippen LogP contribution in [0.1, 0.15) is 69.5 Å². The number of piperazine rings is 1. The maximum Gasteiger partial charge on any atom is 0.326 e. The number of hydrogen-bond donors (Lipinski definition) is 1. The van der Waals surface area contributed by atoms with Gasteiger partial charge in [0, 0.05) is 42.8 Å². The second-order valence-electron chi connectivity index (χ2n) is 12.0. The van der Waals surface area contributed by atoms with Crippen molar-refractivity contribution in [2.24, 2.45) is 4.99 Å². The number of β-amino-alcohol motifs (C(OH)–C–C–N with tert-alkyl or cyclic N) is 1. The van der Waals surface area contributed by atoms with Gasteiger partial charge in [-0.1, -0.05) is 81.7 Å². The summed E-state index contributed by atoms with van der Waals surface area (Å²) >= 11 is 12.6. The van der Waals surface area contributed by atoms with Crippen molar-refractivity contribution in [2.75, 3.05) is 45.9 Å². The number of amidine groups is 1. The van der Waals surface area contributed by atoms with Crippen molar-refractivity contribution in [1.82, 2.24) is 14.7 Å². The lowest BCUT2D eigenvalue weighted by molar-refractivity contribution is 0.108. The van der Waals surface area contributed by atoms with Gasteiger partial charge in [-0.2, -0.15) is 0 Å². The molecule has 5 rings (SSSR count). The third-order valence-electron chi connectivity index (χ3n) is 8.14. The van der Waals surface area contributed by atoms with Crippen LogP contribution < -0.4 is 4.74 Å². The number of urea groups is 1. The predicted molar refractivity (Wildman–Crippen MR) is 188 cm³/mol. The average Bonchev–Trinajstić information content (AvgIpc) is 3.38. The fourth-order valence-corrected chi connectivity index (χ4v) is 6.01. The van der Waals surface area contributed by atoms with Gasteiger partial charge < -0.3 is 14.7 Å². The van der Waals surface area contributed by atoms with Crippen molar-refractivity contribution in [3.63, 3.8) is 0 Å². The number of amides is 2. The van der Waals surface area contributed by atoms with Gasteiger partial charge in [-0.05, 0) is 65.4 Å². The van der Waals surface area contributed by atoms with E-state index in [4.69, 9.17) is 32.9 Å². The molecule has 1 N–H and O–H groups in total. The van der Waals surface area contributed by atoms with Crippen LogP contribution in [0, 0.1) is 0 Å². The van der Waals surface area contributed by atoms with Crippen LogP contribution in [0.5, 0.6) is 5.75 Å². The Balaban J connectivity index is 0.00000276. The van der Waals surface area contributed by atoms with E-state index in [1.165, 1.54) is 0 Å². The number of nitrogens with zero attached hydrogens (tertiary/aromatic N) is 4. The van der Waals surface area contributed by atoms with E-state index in [0.717, 1.165) is 22.3 Å². The zero-order chi connectivity index (χ0) is 30.7. The van der Waals surface area contributed by atoms with Gasteiger partial charge >= 0.3 is 6.03 Å². The van der Waals surface area contributed by atoms with Gasteiger partial charge in [0.1, 0.15) is 17.6 Å². The van der Waals surface area contributed by atoms with Crippen molar-refractivity contribution >= 4 is 47.5 Å². The van der Waals surface area contributed by atoms with E-state index in [-0.39, 0.29) is 43.9 Å². The van der Waals surface area contributed by atoms with Crippen LogP contribution in [0.4, 0.5) is 4.79 Å². The number of aliphatic hydroxyl groups is 1. The smallest absolute Gasteiger partial charge is 0.326 e. The van der Waals surface area contributed by atoms with Crippen LogP contribution in [0.15, 0.2) is 71.7 Å². The van der Waals surface area contributed by atoms with E-state index in [2.05, 4.69) is 37.8 Å². The van der Waals surface area contributed by atoms with Gasteiger partial charge in [-0.25, -0.2) is 4.79 Å². The molecule has 0 radical (unpaired) electrons. The van der Waals surface area contributed by atoms with Gasteiger partial charge in [0.2, 0.25) is 0 Å². The Labute approximate surface area is 284 Å². The highest BCUT2D eigenvalue weighted by Gasteiger charge is 2.45. The van der Waals surface area contributed by atoms with Crippen LogP contribution in [0.3, 0.4) is 0 Å². The van der Waals surface area contributed by atoms with Gasteiger partial charge in [0.25, 0.3) is 0 Å². The highest BCUT2D eigenvalue weighted by atomic mass is 35.5. The lowest BCUT2D eigenvalue weighted by atomic mass is 9.86. The second kappa shape index (κ2) is 15.7. The highest BCUT2D eigenvalue weighted by molar-refractivity contribution is 6.30. The summed E-state index contributed by atoms with van der Waals surface area (Å²) in [4.78, 5) is 25.9. The monoisotopic (exact) mass is 674 g/mol. The molecule has 0 unspecified atom stereocenters. The van der Waals surface area contributed by atoms with Crippen LogP contribution >= 0.6 is 35.6 Å². The number of carbonyl (C=O) groups is 1. The van der Waals surface area contributed by atoms with Crippen LogP contribution in [-0.2, 0) is 5.41 Å². The van der Waals surface area contributed by atoms with Gasteiger partial charge in [0.15, 0.2) is 0 Å². The van der Waals surface area contributed by atoms with Gasteiger partial charge in [-0.15, -0.1) is 12.4 Å². The summed E-state index contributed by atoms with van der Waals surface area (Å²) in [6.45, 7) is 12.2. The lowest BCUT2D eigenvalue weighted by Gasteiger charge is -2.39. The third kappa shape index (κ3) is 8.13. The minimum atomic E-state index is -0.423. The molecule has 0 aromatic heterocycles. The summed E-state index contributed by atoms with van der Waals surface area (Å²) in [5.74, 6) is 1.28. The SMILES string of the molecule is C.CCOc1cc(C(C)(C)C)ccc1C1=N[C@@H](c2ccc(Cl)cc2)[C@@H](c2ccc(Cl)cc2)N1C(=O)N1CCN(CCO)CC1.Cl. The van der Waals surface area contributed by atoms with E-state index in [1.807, 2.05) is 71.3 Å². The molecule has 2 atom stereocenters. The molecule has 7 nitrogen and oxygen atoms in total. The van der Waals surface area contributed by atoms with E-state index in [0.29, 0.717) is 61.0 Å². The molecule has 0 saturated carbocycles. The standard InChI is InChI=1S/C34H40Cl2N4O3.CH4.ClH/c1-5-43-29-22-25(34(2,3)4)10-15-28(29)32-37-30(23-6-11-26(35)12-7-23)31(24-8-13-27(36)14-9-24)40(32)33(42)39-18-16-38(17-19-39)20-21-41;;/h6-15,22,30-31,41H,5,16-21H2,1-4H3;1H4;1H/t30-,31+;;/m0../s1. The predicted octanol–water partition coefficient (Wildman–Crippen LogP) is 8.02. The fourth-order valence-electron chi connectivity index (χ4n) is 5.76. The maximum absolute atomic E-state index is 14.6. The normalized spacial score (nSPS) is 18.6. The first-order chi connectivity index (χ1) is 20.6. The topological polar surface area (TPSA) is 68.6 Å². The Morgan fingerprint density at radius 1 is 0.933 bits per heavy atom. The molecule has 2 amide bonds. The molecular weight excluding hydrogens is 631 g/mol. The number of aliphatic imine (C=N–C) groups is 1. The summed E-state index contributed by atoms with van der Waals surface area (Å²) < 4.78 is 6.22. The third-order valence-corrected chi connectivity index (χ3v) is 8.65. The number of halogens is 3. The summed E-state index contributed by atoms with van der Waals surface area (Å²) in [6.07, 6.45) is 0. The number of benzene rings is 3. The Kier molecular flexibility index (Phi) is 12.8. The maximum atomic E-state index is 14.6. The molecule has 45 heavy (non-hydrogen) atoms. The molecule has 0 aliphatic carbocycles. The van der Waals surface area contributed by atoms with Crippen molar-refractivity contribution < 1.29 is 14.6 Å². The van der Waals surface area contributed by atoms with E-state index in [1.54, 1.807) is 0 Å². The van der Waals surface area contributed by atoms with Crippen molar-refractivity contribution in [1.29, 1.82) is 0 Å². The number of rotatable bonds is 7. The molecule has 1 fully saturated rings. The van der Waals surface area contributed by atoms with Gasteiger partial charge in [-0.3, -0.25) is 14.8 Å². The van der Waals surface area contributed by atoms with E-state index >= 15 is 0 Å². The van der Waals surface area contributed by atoms with Crippen molar-refractivity contribution in [2.45, 2.75) is 52.6 Å². The Bertz CT molecular complexity index is 1450. The molecule has 3 aromatic rings. The summed E-state index contributed by atoms with van der Waals surface area (Å²) in [5, 5.41) is 10.7. The Morgan fingerprint density at radius 3 is 2.04 bits per heavy atom. The zero-order valence-corrected chi connectivity index (χ0v) is 28.0. The molecule has 2 heterocycles. The van der Waals surface area contributed by atoms with E-state index in [9.17, 15) is 9.90 Å². The minimum Gasteiger partial charge on any atom is -0.493 e. The molecule has 244 valence electrons. The first-order valence-electron chi connectivity index (χ1n) is 14.9. The van der Waals surface area contributed by atoms with Crippen LogP contribution in [0.2, 0.25) is 10.0 Å². The number of aliphatic hydroxyl groups excluding tert-OH is 1. The number of ether oxygens (including phenoxy) is 1. The summed E-state index contributed by atoms with van der Waals surface area (Å²) in [7, 11) is 0. The van der Waals surface area contributed by atoms with Gasteiger partial charge in [0.05, 0.1) is 24.8 Å². The fraction of sp³-hybridized carbons (Fsp3) is 0.429. The summed E-state index contributed by atoms with van der Waals surface area (Å²) in [5.41, 5.74) is 3.72. The molecule has 10 heteroatoms. The molecule has 3 aromatic carbocycles. The van der Waals surface area contributed by atoms with Crippen LogP contribution in [0.25, 0.3) is 0 Å². The van der Waals surface area contributed by atoms with Crippen LogP contribution in [-0.4, -0.2) is 77.6 Å². The second-order valence-corrected chi connectivity index (χ2v) is 12.9. The lowest BCUT2D eigenvalue weighted by Crippen LogP contribution is -2.54. The van der Waals surface area contributed by atoms with Crippen molar-refractivity contribution in [3.8, 4) is 5.75 Å². The Hall–Kier alpha value is -2.81. The van der Waals surface area contributed by atoms with Crippen molar-refractivity contribution in [3.05, 3.63) is 99.0 Å². The molecular formula is C35H45Cl3N4O3. The molecule has 1 saturated heterocycles. The summed E-state index contributed by atoms with van der Waals surface area (Å²) in [6, 6.07) is 20.6. The molecule has 2 aliphatic rings. The zero-order valence-electron chi connectivity index (χ0n) is 25.7. The average molecular weight is 676 g/mol. The molecule has 2 aliphatic heterocycles. The molecule has 0 spiro atoms. The number of hydrogen-bond acceptors (Lipinski definition) is 5. The quantitative estimate of drug-likeness (QED) is 0.276.